The smallest absolute Gasteiger partial charge is 0.458 e. The molecule has 5 nitrogen and oxygen atoms in total. The molecule has 0 N–H and O–H groups in total. The Hall–Kier alpha value is -1.35. The predicted octanol–water partition coefficient (Wildman–Crippen LogP) is 1.50. The van der Waals surface area contributed by atoms with Crippen LogP contribution >= 0.6 is 11.8 Å². The topological polar surface area (TPSA) is 74.0 Å². The van der Waals surface area contributed by atoms with Crippen LogP contribution in [0.4, 0.5) is 4.39 Å². The first kappa shape index (κ1) is 22.7. The van der Waals surface area contributed by atoms with Crippen LogP contribution in [0.15, 0.2) is 71.9 Å². The zero-order chi connectivity index (χ0) is 18.3. The molecule has 3 rings (SSSR count). The molecule has 0 fully saturated rings. The fourth-order valence-corrected chi connectivity index (χ4v) is 2.63. The normalized spacial score (nSPS) is 10.3. The number of hydrogen-bond donors (Lipinski definition) is 0. The number of benzene rings is 2. The van der Waals surface area contributed by atoms with Crippen molar-refractivity contribution in [1.82, 2.24) is 9.97 Å². The van der Waals surface area contributed by atoms with Gasteiger partial charge in [0.05, 0.1) is 5.56 Å². The van der Waals surface area contributed by atoms with Crippen LogP contribution in [0.2, 0.25) is 0 Å². The molecular weight excluding hydrogens is 388 g/mol. The maximum absolute atomic E-state index is 13.2. The van der Waals surface area contributed by atoms with Gasteiger partial charge in [0.2, 0.25) is 0 Å². The van der Waals surface area contributed by atoms with E-state index in [1.165, 1.54) is 18.2 Å². The van der Waals surface area contributed by atoms with Crippen molar-refractivity contribution in [2.75, 3.05) is 0 Å². The summed E-state index contributed by atoms with van der Waals surface area (Å²) in [6, 6.07) is 14.5. The second kappa shape index (κ2) is 10.7. The van der Waals surface area contributed by atoms with Crippen molar-refractivity contribution >= 4 is 21.8 Å². The van der Waals surface area contributed by atoms with Gasteiger partial charge in [-0.15, -0.1) is 0 Å². The third-order valence-electron chi connectivity index (χ3n) is 3.09. The number of sulfonamides is 1. The quantitative estimate of drug-likeness (QED) is 0.623. The maximum atomic E-state index is 13.2. The minimum atomic E-state index is -3.62. The molecule has 0 radical (unpaired) electrons. The Morgan fingerprint density at radius 2 is 1.54 bits per heavy atom. The molecule has 3 aromatic rings. The summed E-state index contributed by atoms with van der Waals surface area (Å²) >= 11 is 4.90. The van der Waals surface area contributed by atoms with Gasteiger partial charge in [-0.1, -0.05) is 29.8 Å². The molecule has 0 atom stereocenters. The van der Waals surface area contributed by atoms with Crippen LogP contribution in [-0.2, 0) is 10.0 Å². The Bertz CT molecular complexity index is 926. The number of hydrogen-bond acceptors (Lipinski definition) is 4. The SMILES string of the molecule is Cc1ccc(S(=O)(=O)[N-]Cl)cc1.Fc1ccccc1-c1ncccn1.[Na+]. The van der Waals surface area contributed by atoms with E-state index in [0.717, 1.165) is 5.56 Å². The molecule has 1 heterocycles. The molecule has 130 valence electrons. The molecular formula is C17H14ClFN3NaO2S. The molecule has 0 aliphatic carbocycles. The minimum absolute atomic E-state index is 0. The van der Waals surface area contributed by atoms with Gasteiger partial charge in [0.25, 0.3) is 0 Å². The van der Waals surface area contributed by atoms with E-state index in [4.69, 9.17) is 11.8 Å². The van der Waals surface area contributed by atoms with Crippen molar-refractivity contribution < 1.29 is 42.4 Å². The fraction of sp³-hybridized carbons (Fsp3) is 0.0588. The number of rotatable bonds is 3. The molecule has 26 heavy (non-hydrogen) atoms. The molecule has 1 aromatic heterocycles. The van der Waals surface area contributed by atoms with Crippen molar-refractivity contribution in [2.24, 2.45) is 0 Å². The minimum Gasteiger partial charge on any atom is -0.458 e. The molecule has 0 spiro atoms. The summed E-state index contributed by atoms with van der Waals surface area (Å²) in [5.41, 5.74) is 1.42. The van der Waals surface area contributed by atoms with Gasteiger partial charge in [0.15, 0.2) is 5.82 Å². The average Bonchev–Trinajstić information content (AvgIpc) is 2.64. The summed E-state index contributed by atoms with van der Waals surface area (Å²) in [7, 11) is -3.62. The second-order valence-electron chi connectivity index (χ2n) is 4.91. The summed E-state index contributed by atoms with van der Waals surface area (Å²) in [4.78, 5) is 8.03. The monoisotopic (exact) mass is 401 g/mol. The zero-order valence-corrected chi connectivity index (χ0v) is 17.7. The van der Waals surface area contributed by atoms with Crippen molar-refractivity contribution in [3.63, 3.8) is 0 Å². The van der Waals surface area contributed by atoms with Gasteiger partial charge in [-0.2, -0.15) is 0 Å². The molecule has 0 bridgehead atoms. The van der Waals surface area contributed by atoms with Gasteiger partial charge in [-0.25, -0.2) is 22.8 Å². The van der Waals surface area contributed by atoms with Gasteiger partial charge in [-0.05, 0) is 37.3 Å². The van der Waals surface area contributed by atoms with Gasteiger partial charge >= 0.3 is 29.6 Å². The van der Waals surface area contributed by atoms with Crippen LogP contribution in [0.1, 0.15) is 5.56 Å². The summed E-state index contributed by atoms with van der Waals surface area (Å²) in [6.45, 7) is 1.87. The largest absolute Gasteiger partial charge is 1.00 e. The van der Waals surface area contributed by atoms with E-state index in [0.29, 0.717) is 11.4 Å². The average molecular weight is 402 g/mol. The third kappa shape index (κ3) is 6.42. The molecule has 0 aliphatic rings. The molecule has 9 heteroatoms. The summed E-state index contributed by atoms with van der Waals surface area (Å²) < 4.78 is 38.0. The van der Waals surface area contributed by atoms with Crippen molar-refractivity contribution in [3.05, 3.63) is 82.6 Å². The summed E-state index contributed by atoms with van der Waals surface area (Å²) in [6.07, 6.45) is 3.18. The van der Waals surface area contributed by atoms with Crippen LogP contribution in [0.3, 0.4) is 0 Å². The first-order valence-electron chi connectivity index (χ1n) is 7.11. The number of halogens is 2. The van der Waals surface area contributed by atoms with Gasteiger partial charge in [-0.3, -0.25) is 11.8 Å². The second-order valence-corrected chi connectivity index (χ2v) is 6.88. The molecule has 2 aromatic carbocycles. The third-order valence-corrected chi connectivity index (χ3v) is 4.68. The Morgan fingerprint density at radius 3 is 2.08 bits per heavy atom. The fourth-order valence-electron chi connectivity index (χ4n) is 1.83. The summed E-state index contributed by atoms with van der Waals surface area (Å²) in [5, 5.41) is 0. The predicted molar refractivity (Wildman–Crippen MR) is 95.0 cm³/mol. The molecule has 0 saturated carbocycles. The van der Waals surface area contributed by atoms with E-state index in [1.807, 2.05) is 6.92 Å². The van der Waals surface area contributed by atoms with E-state index in [1.54, 1.807) is 48.8 Å². The Morgan fingerprint density at radius 1 is 0.962 bits per heavy atom. The van der Waals surface area contributed by atoms with Crippen LogP contribution < -0.4 is 29.6 Å². The molecule has 0 amide bonds. The number of nitrogens with zero attached hydrogens (tertiary/aromatic N) is 3. The van der Waals surface area contributed by atoms with Crippen molar-refractivity contribution in [3.8, 4) is 11.4 Å². The van der Waals surface area contributed by atoms with E-state index in [2.05, 4.69) is 14.2 Å². The Labute approximate surface area is 179 Å². The van der Waals surface area contributed by atoms with Crippen LogP contribution in [0.25, 0.3) is 15.6 Å². The van der Waals surface area contributed by atoms with E-state index < -0.39 is 10.0 Å². The molecule has 0 saturated heterocycles. The number of aryl methyl sites for hydroxylation is 1. The van der Waals surface area contributed by atoms with E-state index in [9.17, 15) is 12.8 Å². The Balaban J connectivity index is 0.000000251. The number of aromatic nitrogens is 2. The molecule has 0 unspecified atom stereocenters. The first-order valence-corrected chi connectivity index (χ1v) is 8.89. The van der Waals surface area contributed by atoms with Crippen molar-refractivity contribution in [2.45, 2.75) is 11.8 Å². The van der Waals surface area contributed by atoms with Gasteiger partial charge < -0.3 is 4.24 Å². The standard InChI is InChI=1S/C10H7FN2.C7H7ClNO2S.Na/c11-9-5-2-1-4-8(9)10-12-6-3-7-13-10;1-6-2-4-7(5-3-6)12(10,11)9-8;/h1-7H;2-5H,1H3;/q;-1;+1. The summed E-state index contributed by atoms with van der Waals surface area (Å²) in [5.74, 6) is 0.120. The van der Waals surface area contributed by atoms with Crippen LogP contribution in [0.5, 0.6) is 0 Å². The van der Waals surface area contributed by atoms with Gasteiger partial charge in [0.1, 0.15) is 15.8 Å². The zero-order valence-electron chi connectivity index (χ0n) is 14.2. The van der Waals surface area contributed by atoms with E-state index >= 15 is 0 Å². The first-order chi connectivity index (χ1) is 11.9. The van der Waals surface area contributed by atoms with Crippen LogP contribution in [0, 0.1) is 12.7 Å². The molecule has 0 aliphatic heterocycles. The maximum Gasteiger partial charge on any atom is 1.00 e. The van der Waals surface area contributed by atoms with E-state index in [-0.39, 0.29) is 40.3 Å². The van der Waals surface area contributed by atoms with Gasteiger partial charge in [0, 0.05) is 17.3 Å². The van der Waals surface area contributed by atoms with Crippen LogP contribution in [-0.4, -0.2) is 18.4 Å². The van der Waals surface area contributed by atoms with Crippen molar-refractivity contribution in [1.29, 1.82) is 0 Å². The Kier molecular flexibility index (Phi) is 9.35.